The largest absolute Gasteiger partial charge is 0.486 e. The van der Waals surface area contributed by atoms with Crippen molar-refractivity contribution in [1.29, 1.82) is 5.26 Å². The summed E-state index contributed by atoms with van der Waals surface area (Å²) in [5.41, 5.74) is 1.42. The summed E-state index contributed by atoms with van der Waals surface area (Å²) in [7, 11) is 0. The number of aromatic carboxylic acids is 1. The number of halogens is 3. The first-order chi connectivity index (χ1) is 15.8. The molecule has 0 unspecified atom stereocenters. The fourth-order valence-corrected chi connectivity index (χ4v) is 3.75. The van der Waals surface area contributed by atoms with Gasteiger partial charge in [-0.05, 0) is 82.3 Å². The summed E-state index contributed by atoms with van der Waals surface area (Å²) in [4.78, 5) is 23.6. The number of amides is 1. The van der Waals surface area contributed by atoms with Crippen LogP contribution in [-0.2, 0) is 11.4 Å². The Morgan fingerprint density at radius 1 is 1.09 bits per heavy atom. The summed E-state index contributed by atoms with van der Waals surface area (Å²) in [5, 5.41) is 21.5. The molecule has 166 valence electrons. The van der Waals surface area contributed by atoms with Crippen molar-refractivity contribution in [2.45, 2.75) is 6.61 Å². The van der Waals surface area contributed by atoms with E-state index in [0.29, 0.717) is 11.3 Å². The zero-order valence-electron chi connectivity index (χ0n) is 16.8. The second-order valence-electron chi connectivity index (χ2n) is 6.74. The van der Waals surface area contributed by atoms with Gasteiger partial charge in [0.1, 0.15) is 18.2 Å². The molecule has 0 fully saturated rings. The van der Waals surface area contributed by atoms with Crippen LogP contribution in [0.5, 0.6) is 5.75 Å². The van der Waals surface area contributed by atoms with Gasteiger partial charge in [0.05, 0.1) is 15.6 Å². The number of carboxylic acid groups (broad SMARTS) is 1. The van der Waals surface area contributed by atoms with Crippen LogP contribution in [0.2, 0.25) is 10.0 Å². The van der Waals surface area contributed by atoms with E-state index in [1.165, 1.54) is 42.5 Å². The zero-order chi connectivity index (χ0) is 24.0. The minimum Gasteiger partial charge on any atom is -0.486 e. The molecule has 0 saturated carbocycles. The number of benzene rings is 3. The monoisotopic (exact) mass is 592 g/mol. The summed E-state index contributed by atoms with van der Waals surface area (Å²) in [6.07, 6.45) is 1.33. The van der Waals surface area contributed by atoms with Crippen molar-refractivity contribution in [2.24, 2.45) is 0 Å². The van der Waals surface area contributed by atoms with Crippen LogP contribution < -0.4 is 10.1 Å². The van der Waals surface area contributed by atoms with Crippen molar-refractivity contribution in [2.75, 3.05) is 5.32 Å². The molecule has 0 bridgehead atoms. The molecule has 0 aromatic heterocycles. The molecule has 33 heavy (non-hydrogen) atoms. The van der Waals surface area contributed by atoms with Crippen molar-refractivity contribution < 1.29 is 19.4 Å². The number of carbonyl (C=O) groups excluding carboxylic acids is 1. The topological polar surface area (TPSA) is 99.4 Å². The van der Waals surface area contributed by atoms with E-state index in [2.05, 4.69) is 27.9 Å². The molecule has 9 heteroatoms. The van der Waals surface area contributed by atoms with Crippen LogP contribution in [-0.4, -0.2) is 17.0 Å². The predicted molar refractivity (Wildman–Crippen MR) is 136 cm³/mol. The van der Waals surface area contributed by atoms with Gasteiger partial charge in [0.25, 0.3) is 5.91 Å². The third-order valence-electron chi connectivity index (χ3n) is 4.36. The number of hydrogen-bond acceptors (Lipinski definition) is 4. The van der Waals surface area contributed by atoms with Gasteiger partial charge in [-0.2, -0.15) is 5.26 Å². The highest BCUT2D eigenvalue weighted by atomic mass is 127. The number of ether oxygens (including phenoxy) is 1. The minimum absolute atomic E-state index is 0.00896. The molecule has 0 heterocycles. The highest BCUT2D eigenvalue weighted by molar-refractivity contribution is 14.1. The van der Waals surface area contributed by atoms with E-state index >= 15 is 0 Å². The van der Waals surface area contributed by atoms with Crippen LogP contribution in [0.25, 0.3) is 6.08 Å². The molecule has 0 aliphatic carbocycles. The molecule has 0 atom stereocenters. The van der Waals surface area contributed by atoms with Crippen molar-refractivity contribution in [1.82, 2.24) is 0 Å². The lowest BCUT2D eigenvalue weighted by Gasteiger charge is -2.11. The summed E-state index contributed by atoms with van der Waals surface area (Å²) in [6, 6.07) is 18.4. The molecular weight excluding hydrogens is 578 g/mol. The third kappa shape index (κ3) is 6.71. The standard InChI is InChI=1S/C24H15Cl2IN2O4/c25-20-9-15(10-21(26)22(20)33-13-14-4-6-18(27)7-5-14)8-17(12-28)23(30)29-19-3-1-2-16(11-19)24(31)32/h1-11H,13H2,(H,29,30)(H,31,32)/b17-8-. The second kappa shape index (κ2) is 11.2. The zero-order valence-corrected chi connectivity index (χ0v) is 20.5. The molecule has 0 spiro atoms. The smallest absolute Gasteiger partial charge is 0.335 e. The lowest BCUT2D eigenvalue weighted by molar-refractivity contribution is -0.112. The van der Waals surface area contributed by atoms with Crippen LogP contribution >= 0.6 is 45.8 Å². The molecule has 0 radical (unpaired) electrons. The number of anilines is 1. The molecule has 0 saturated heterocycles. The summed E-state index contributed by atoms with van der Waals surface area (Å²) < 4.78 is 6.86. The van der Waals surface area contributed by atoms with Gasteiger partial charge in [-0.3, -0.25) is 4.79 Å². The molecular formula is C24H15Cl2IN2O4. The maximum Gasteiger partial charge on any atom is 0.335 e. The third-order valence-corrected chi connectivity index (χ3v) is 5.64. The lowest BCUT2D eigenvalue weighted by atomic mass is 10.1. The van der Waals surface area contributed by atoms with Crippen LogP contribution in [0.3, 0.4) is 0 Å². The number of nitrogens with zero attached hydrogens (tertiary/aromatic N) is 1. The normalized spacial score (nSPS) is 10.9. The summed E-state index contributed by atoms with van der Waals surface area (Å²) in [6.45, 7) is 0.271. The molecule has 0 aliphatic heterocycles. The molecule has 3 aromatic carbocycles. The molecule has 6 nitrogen and oxygen atoms in total. The van der Waals surface area contributed by atoms with Crippen molar-refractivity contribution in [3.63, 3.8) is 0 Å². The van der Waals surface area contributed by atoms with E-state index in [1.807, 2.05) is 30.3 Å². The van der Waals surface area contributed by atoms with Gasteiger partial charge in [-0.1, -0.05) is 41.4 Å². The quantitative estimate of drug-likeness (QED) is 0.187. The fourth-order valence-electron chi connectivity index (χ4n) is 2.78. The highest BCUT2D eigenvalue weighted by Crippen LogP contribution is 2.35. The Balaban J connectivity index is 1.77. The first-order valence-corrected chi connectivity index (χ1v) is 11.2. The number of carboxylic acids is 1. The van der Waals surface area contributed by atoms with E-state index in [1.54, 1.807) is 0 Å². The molecule has 3 aromatic rings. The Labute approximate surface area is 213 Å². The Kier molecular flexibility index (Phi) is 8.33. The first-order valence-electron chi connectivity index (χ1n) is 9.39. The summed E-state index contributed by atoms with van der Waals surface area (Å²) in [5.74, 6) is -1.54. The van der Waals surface area contributed by atoms with Crippen LogP contribution in [0.1, 0.15) is 21.5 Å². The highest BCUT2D eigenvalue weighted by Gasteiger charge is 2.14. The SMILES string of the molecule is N#C/C(=C/c1cc(Cl)c(OCc2ccc(I)cc2)c(Cl)c1)C(=O)Nc1cccc(C(=O)O)c1. The summed E-state index contributed by atoms with van der Waals surface area (Å²) >= 11 is 14.9. The van der Waals surface area contributed by atoms with Gasteiger partial charge in [0.15, 0.2) is 5.75 Å². The Bertz CT molecular complexity index is 1260. The van der Waals surface area contributed by atoms with E-state index in [4.69, 9.17) is 33.0 Å². The molecule has 0 aliphatic rings. The maximum absolute atomic E-state index is 12.5. The van der Waals surface area contributed by atoms with Crippen LogP contribution in [0.15, 0.2) is 66.2 Å². The van der Waals surface area contributed by atoms with Gasteiger partial charge in [0.2, 0.25) is 0 Å². The minimum atomic E-state index is -1.13. The Morgan fingerprint density at radius 2 is 1.76 bits per heavy atom. The van der Waals surface area contributed by atoms with E-state index in [-0.39, 0.29) is 33.5 Å². The number of rotatable bonds is 7. The van der Waals surface area contributed by atoms with E-state index in [0.717, 1.165) is 9.13 Å². The lowest BCUT2D eigenvalue weighted by Crippen LogP contribution is -2.14. The van der Waals surface area contributed by atoms with Crippen LogP contribution in [0, 0.1) is 14.9 Å². The van der Waals surface area contributed by atoms with E-state index < -0.39 is 11.9 Å². The Hall–Kier alpha value is -3.06. The van der Waals surface area contributed by atoms with E-state index in [9.17, 15) is 14.9 Å². The first kappa shape index (κ1) is 24.6. The molecule has 1 amide bonds. The number of carbonyl (C=O) groups is 2. The van der Waals surface area contributed by atoms with Gasteiger partial charge in [0, 0.05) is 9.26 Å². The van der Waals surface area contributed by atoms with Crippen molar-refractivity contribution in [3.05, 3.63) is 96.5 Å². The van der Waals surface area contributed by atoms with Crippen molar-refractivity contribution >= 4 is 69.4 Å². The fraction of sp³-hybridized carbons (Fsp3) is 0.0417. The van der Waals surface area contributed by atoms with Crippen LogP contribution in [0.4, 0.5) is 5.69 Å². The number of nitrogens with one attached hydrogen (secondary N) is 1. The van der Waals surface area contributed by atoms with Gasteiger partial charge in [-0.25, -0.2) is 4.79 Å². The molecule has 2 N–H and O–H groups in total. The number of nitriles is 1. The average molecular weight is 593 g/mol. The van der Waals surface area contributed by atoms with Gasteiger partial charge < -0.3 is 15.2 Å². The molecule has 3 rings (SSSR count). The number of hydrogen-bond donors (Lipinski definition) is 2. The van der Waals surface area contributed by atoms with Crippen molar-refractivity contribution in [3.8, 4) is 11.8 Å². The predicted octanol–water partition coefficient (Wildman–Crippen LogP) is 6.42. The van der Waals surface area contributed by atoms with Gasteiger partial charge in [-0.15, -0.1) is 0 Å². The second-order valence-corrected chi connectivity index (χ2v) is 8.80. The van der Waals surface area contributed by atoms with Gasteiger partial charge >= 0.3 is 5.97 Å². The Morgan fingerprint density at radius 3 is 2.36 bits per heavy atom. The maximum atomic E-state index is 12.5. The average Bonchev–Trinajstić information content (AvgIpc) is 2.78.